The summed E-state index contributed by atoms with van der Waals surface area (Å²) in [7, 11) is 0. The first-order valence-electron chi connectivity index (χ1n) is 9.16. The lowest BCUT2D eigenvalue weighted by Crippen LogP contribution is -2.15. The van der Waals surface area contributed by atoms with Crippen molar-refractivity contribution in [2.45, 2.75) is 19.3 Å². The minimum absolute atomic E-state index is 0.322. The molecule has 0 spiro atoms. The summed E-state index contributed by atoms with van der Waals surface area (Å²) in [4.78, 5) is 18.8. The third-order valence-corrected chi connectivity index (χ3v) is 5.01. The van der Waals surface area contributed by atoms with E-state index >= 15 is 0 Å². The molecule has 1 aromatic heterocycles. The fourth-order valence-electron chi connectivity index (χ4n) is 3.69. The summed E-state index contributed by atoms with van der Waals surface area (Å²) in [5, 5.41) is 11.3. The number of hydrogen-bond donors (Lipinski definition) is 0. The van der Waals surface area contributed by atoms with Crippen molar-refractivity contribution >= 4 is 5.57 Å². The van der Waals surface area contributed by atoms with Crippen LogP contribution in [0.5, 0.6) is 11.5 Å². The van der Waals surface area contributed by atoms with E-state index in [0.717, 1.165) is 22.3 Å². The van der Waals surface area contributed by atoms with Gasteiger partial charge in [-0.15, -0.1) is 0 Å². The van der Waals surface area contributed by atoms with Crippen molar-refractivity contribution in [1.82, 2.24) is 9.97 Å². The monoisotopic (exact) mass is 391 g/mol. The molecule has 0 aliphatic heterocycles. The molecule has 1 atom stereocenters. The Labute approximate surface area is 166 Å². The summed E-state index contributed by atoms with van der Waals surface area (Å²) in [6, 6.07) is 10.1. The summed E-state index contributed by atoms with van der Waals surface area (Å²) in [6.07, 6.45) is 7.12. The number of ether oxygens (including phenoxy) is 1. The van der Waals surface area contributed by atoms with Gasteiger partial charge in [0.15, 0.2) is 5.75 Å². The average Bonchev–Trinajstić information content (AvgIpc) is 3.10. The van der Waals surface area contributed by atoms with E-state index in [-0.39, 0.29) is 6.54 Å². The van der Waals surface area contributed by atoms with Crippen molar-refractivity contribution in [1.29, 1.82) is 0 Å². The highest BCUT2D eigenvalue weighted by Gasteiger charge is 2.30. The molecular weight excluding hydrogens is 373 g/mol. The predicted molar refractivity (Wildman–Crippen MR) is 106 cm³/mol. The molecule has 7 heteroatoms. The van der Waals surface area contributed by atoms with Crippen LogP contribution in [0.15, 0.2) is 61.2 Å². The number of rotatable bonds is 6. The summed E-state index contributed by atoms with van der Waals surface area (Å²) >= 11 is 0. The van der Waals surface area contributed by atoms with Gasteiger partial charge in [0.25, 0.3) is 0 Å². The van der Waals surface area contributed by atoms with Gasteiger partial charge in [-0.05, 0) is 47.7 Å². The van der Waals surface area contributed by atoms with Crippen LogP contribution in [0.4, 0.5) is 4.39 Å². The second-order valence-electron chi connectivity index (χ2n) is 6.90. The van der Waals surface area contributed by atoms with Gasteiger partial charge in [-0.3, -0.25) is 10.1 Å². The first-order valence-corrected chi connectivity index (χ1v) is 9.16. The van der Waals surface area contributed by atoms with Crippen LogP contribution in [0.2, 0.25) is 0 Å². The second-order valence-corrected chi connectivity index (χ2v) is 6.90. The Hall–Kier alpha value is -3.61. The third-order valence-electron chi connectivity index (χ3n) is 5.01. The van der Waals surface area contributed by atoms with Gasteiger partial charge in [0, 0.05) is 10.5 Å². The highest BCUT2D eigenvalue weighted by atomic mass is 19.1. The molecule has 6 nitrogen and oxygen atoms in total. The number of hydrogen-bond acceptors (Lipinski definition) is 5. The fraction of sp³-hybridized carbons (Fsp3) is 0.182. The molecule has 0 amide bonds. The molecule has 0 radical (unpaired) electrons. The SMILES string of the molecule is Cc1cc2c(cc1Oc1cncnc1)C(C(C[N+](=O)[O-])c1ccccc1F)=CC2. The van der Waals surface area contributed by atoms with Crippen LogP contribution in [0.3, 0.4) is 0 Å². The molecule has 2 aromatic carbocycles. The lowest BCUT2D eigenvalue weighted by Gasteiger charge is -2.18. The Morgan fingerprint density at radius 1 is 1.24 bits per heavy atom. The minimum Gasteiger partial charge on any atom is -0.454 e. The molecule has 1 heterocycles. The van der Waals surface area contributed by atoms with E-state index in [2.05, 4.69) is 9.97 Å². The van der Waals surface area contributed by atoms with E-state index in [1.54, 1.807) is 30.6 Å². The van der Waals surface area contributed by atoms with Crippen LogP contribution in [0, 0.1) is 22.9 Å². The summed E-state index contributed by atoms with van der Waals surface area (Å²) in [5.41, 5.74) is 3.88. The van der Waals surface area contributed by atoms with Gasteiger partial charge in [-0.2, -0.15) is 0 Å². The van der Waals surface area contributed by atoms with E-state index in [1.165, 1.54) is 12.4 Å². The molecule has 0 fully saturated rings. The molecule has 0 saturated carbocycles. The third kappa shape index (κ3) is 3.85. The van der Waals surface area contributed by atoms with E-state index in [1.807, 2.05) is 25.1 Å². The number of aryl methyl sites for hydroxylation is 1. The Morgan fingerprint density at radius 3 is 2.72 bits per heavy atom. The van der Waals surface area contributed by atoms with E-state index < -0.39 is 16.7 Å². The van der Waals surface area contributed by atoms with Gasteiger partial charge < -0.3 is 4.74 Å². The van der Waals surface area contributed by atoms with E-state index in [9.17, 15) is 14.5 Å². The molecule has 4 rings (SSSR count). The van der Waals surface area contributed by atoms with Crippen molar-refractivity contribution in [3.8, 4) is 11.5 Å². The van der Waals surface area contributed by atoms with Crippen molar-refractivity contribution in [2.75, 3.05) is 6.54 Å². The van der Waals surface area contributed by atoms with Crippen LogP contribution in [-0.4, -0.2) is 21.4 Å². The standard InChI is InChI=1S/C22H18FN3O3/c1-14-8-15-6-7-17(19(15)9-22(14)29-16-10-24-13-25-11-16)20(12-26(27)28)18-4-2-3-5-21(18)23/h2-5,7-11,13,20H,6,12H2,1H3. The number of halogens is 1. The molecule has 146 valence electrons. The average molecular weight is 391 g/mol. The van der Waals surface area contributed by atoms with Gasteiger partial charge in [-0.1, -0.05) is 30.3 Å². The van der Waals surface area contributed by atoms with Gasteiger partial charge >= 0.3 is 0 Å². The smallest absolute Gasteiger partial charge is 0.214 e. The Kier molecular flexibility index (Phi) is 5.03. The molecule has 0 bridgehead atoms. The van der Waals surface area contributed by atoms with E-state index in [4.69, 9.17) is 4.74 Å². The molecule has 1 aliphatic carbocycles. The molecule has 1 unspecified atom stereocenters. The molecule has 0 N–H and O–H groups in total. The van der Waals surface area contributed by atoms with Crippen LogP contribution >= 0.6 is 0 Å². The maximum absolute atomic E-state index is 14.5. The first-order chi connectivity index (χ1) is 14.0. The van der Waals surface area contributed by atoms with Crippen molar-refractivity contribution in [3.63, 3.8) is 0 Å². The van der Waals surface area contributed by atoms with E-state index in [0.29, 0.717) is 23.5 Å². The number of allylic oxidation sites excluding steroid dienone is 1. The van der Waals surface area contributed by atoms with Crippen LogP contribution in [0.1, 0.15) is 28.2 Å². The lowest BCUT2D eigenvalue weighted by atomic mass is 9.87. The van der Waals surface area contributed by atoms with Crippen molar-refractivity contribution in [2.24, 2.45) is 0 Å². The Morgan fingerprint density at radius 2 is 2.00 bits per heavy atom. The van der Waals surface area contributed by atoms with Crippen LogP contribution in [0.25, 0.3) is 5.57 Å². The summed E-state index contributed by atoms with van der Waals surface area (Å²) in [6.45, 7) is 1.55. The summed E-state index contributed by atoms with van der Waals surface area (Å²) in [5.74, 6) is -0.0171. The molecule has 0 saturated heterocycles. The highest BCUT2D eigenvalue weighted by Crippen LogP contribution is 2.42. The Balaban J connectivity index is 1.74. The molecule has 3 aromatic rings. The normalized spacial score (nSPS) is 13.5. The number of benzene rings is 2. The highest BCUT2D eigenvalue weighted by molar-refractivity contribution is 5.79. The fourth-order valence-corrected chi connectivity index (χ4v) is 3.69. The zero-order chi connectivity index (χ0) is 20.4. The van der Waals surface area contributed by atoms with Crippen molar-refractivity contribution in [3.05, 3.63) is 99.4 Å². The van der Waals surface area contributed by atoms with Gasteiger partial charge in [0.05, 0.1) is 18.3 Å². The van der Waals surface area contributed by atoms with Gasteiger partial charge in [0.2, 0.25) is 6.54 Å². The number of aromatic nitrogens is 2. The maximum atomic E-state index is 14.5. The zero-order valence-corrected chi connectivity index (χ0v) is 15.7. The largest absolute Gasteiger partial charge is 0.454 e. The van der Waals surface area contributed by atoms with Crippen LogP contribution in [-0.2, 0) is 6.42 Å². The quantitative estimate of drug-likeness (QED) is 0.449. The second kappa shape index (κ2) is 7.79. The zero-order valence-electron chi connectivity index (χ0n) is 15.7. The number of fused-ring (bicyclic) bond motifs is 1. The van der Waals surface area contributed by atoms with Gasteiger partial charge in [0.1, 0.15) is 17.9 Å². The molecule has 29 heavy (non-hydrogen) atoms. The topological polar surface area (TPSA) is 78.2 Å². The molecule has 1 aliphatic rings. The number of nitro groups is 1. The lowest BCUT2D eigenvalue weighted by molar-refractivity contribution is -0.481. The van der Waals surface area contributed by atoms with Crippen LogP contribution < -0.4 is 4.74 Å². The predicted octanol–water partition coefficient (Wildman–Crippen LogP) is 4.72. The van der Waals surface area contributed by atoms with Gasteiger partial charge in [-0.25, -0.2) is 14.4 Å². The maximum Gasteiger partial charge on any atom is 0.214 e. The Bertz CT molecular complexity index is 1100. The number of nitrogens with zero attached hydrogens (tertiary/aromatic N) is 3. The first kappa shape index (κ1) is 18.7. The minimum atomic E-state index is -0.678. The van der Waals surface area contributed by atoms with Crippen molar-refractivity contribution < 1.29 is 14.1 Å². The molecular formula is C22H18FN3O3. The summed E-state index contributed by atoms with van der Waals surface area (Å²) < 4.78 is 20.4.